The van der Waals surface area contributed by atoms with Gasteiger partial charge in [-0.15, -0.1) is 0 Å². The number of rotatable bonds is 2. The summed E-state index contributed by atoms with van der Waals surface area (Å²) in [6.45, 7) is 0. The number of amides is 1. The molecular formula is C16H28N2O. The SMILES string of the molecule is NC1C2CCCC1CC(C(=O)NC1CCCCC1)C2. The molecule has 2 unspecified atom stereocenters. The Hall–Kier alpha value is -0.570. The van der Waals surface area contributed by atoms with Gasteiger partial charge in [-0.25, -0.2) is 0 Å². The van der Waals surface area contributed by atoms with Crippen molar-refractivity contribution >= 4 is 5.91 Å². The largest absolute Gasteiger partial charge is 0.353 e. The second kappa shape index (κ2) is 5.82. The van der Waals surface area contributed by atoms with Crippen LogP contribution in [0.25, 0.3) is 0 Å². The monoisotopic (exact) mass is 264 g/mol. The molecule has 108 valence electrons. The Morgan fingerprint density at radius 2 is 1.53 bits per heavy atom. The highest BCUT2D eigenvalue weighted by molar-refractivity contribution is 5.79. The Bertz CT molecular complexity index is 311. The van der Waals surface area contributed by atoms with Crippen molar-refractivity contribution in [2.75, 3.05) is 0 Å². The third-order valence-electron chi connectivity index (χ3n) is 5.74. The van der Waals surface area contributed by atoms with Crippen molar-refractivity contribution in [3.05, 3.63) is 0 Å². The maximum Gasteiger partial charge on any atom is 0.223 e. The molecule has 1 amide bonds. The van der Waals surface area contributed by atoms with Crippen molar-refractivity contribution in [1.29, 1.82) is 0 Å². The maximum absolute atomic E-state index is 12.5. The second-order valence-electron chi connectivity index (χ2n) is 7.04. The first-order chi connectivity index (χ1) is 9.24. The van der Waals surface area contributed by atoms with E-state index in [1.54, 1.807) is 0 Å². The fraction of sp³-hybridized carbons (Fsp3) is 0.938. The molecule has 0 spiro atoms. The number of hydrogen-bond acceptors (Lipinski definition) is 2. The van der Waals surface area contributed by atoms with Crippen LogP contribution in [0.4, 0.5) is 0 Å². The van der Waals surface area contributed by atoms with Crippen molar-refractivity contribution in [3.63, 3.8) is 0 Å². The van der Waals surface area contributed by atoms with Gasteiger partial charge in [0.05, 0.1) is 0 Å². The quantitative estimate of drug-likeness (QED) is 0.805. The maximum atomic E-state index is 12.5. The van der Waals surface area contributed by atoms with Gasteiger partial charge in [-0.2, -0.15) is 0 Å². The predicted molar refractivity (Wildman–Crippen MR) is 76.5 cm³/mol. The van der Waals surface area contributed by atoms with Crippen LogP contribution in [-0.2, 0) is 4.79 Å². The fourth-order valence-corrected chi connectivity index (χ4v) is 4.57. The van der Waals surface area contributed by atoms with E-state index in [4.69, 9.17) is 5.73 Å². The molecule has 0 aromatic heterocycles. The molecule has 3 saturated carbocycles. The fourth-order valence-electron chi connectivity index (χ4n) is 4.57. The van der Waals surface area contributed by atoms with E-state index in [2.05, 4.69) is 5.32 Å². The molecule has 2 bridgehead atoms. The zero-order chi connectivity index (χ0) is 13.2. The molecule has 19 heavy (non-hydrogen) atoms. The van der Waals surface area contributed by atoms with Gasteiger partial charge < -0.3 is 11.1 Å². The van der Waals surface area contributed by atoms with Gasteiger partial charge in [-0.1, -0.05) is 25.7 Å². The highest BCUT2D eigenvalue weighted by Gasteiger charge is 2.40. The van der Waals surface area contributed by atoms with E-state index in [-0.39, 0.29) is 5.92 Å². The Morgan fingerprint density at radius 1 is 0.895 bits per heavy atom. The summed E-state index contributed by atoms with van der Waals surface area (Å²) in [7, 11) is 0. The lowest BCUT2D eigenvalue weighted by Crippen LogP contribution is -2.50. The van der Waals surface area contributed by atoms with Crippen LogP contribution in [0.3, 0.4) is 0 Å². The van der Waals surface area contributed by atoms with Gasteiger partial charge in [0, 0.05) is 18.0 Å². The number of hydrogen-bond donors (Lipinski definition) is 2. The average Bonchev–Trinajstić information content (AvgIpc) is 2.39. The third-order valence-corrected chi connectivity index (χ3v) is 5.74. The van der Waals surface area contributed by atoms with Crippen molar-refractivity contribution < 1.29 is 4.79 Å². The van der Waals surface area contributed by atoms with Crippen molar-refractivity contribution in [2.24, 2.45) is 23.5 Å². The number of fused-ring (bicyclic) bond motifs is 2. The van der Waals surface area contributed by atoms with E-state index in [9.17, 15) is 4.79 Å². The van der Waals surface area contributed by atoms with E-state index in [0.29, 0.717) is 29.8 Å². The first-order valence-electron chi connectivity index (χ1n) is 8.30. The van der Waals surface area contributed by atoms with E-state index in [1.807, 2.05) is 0 Å². The van der Waals surface area contributed by atoms with Crippen LogP contribution in [0.15, 0.2) is 0 Å². The molecule has 0 aliphatic heterocycles. The molecule has 2 atom stereocenters. The van der Waals surface area contributed by atoms with Gasteiger partial charge in [-0.05, 0) is 50.4 Å². The third kappa shape index (κ3) is 2.96. The summed E-state index contributed by atoms with van der Waals surface area (Å²) in [6, 6.07) is 0.823. The molecule has 3 aliphatic carbocycles. The van der Waals surface area contributed by atoms with Gasteiger partial charge in [-0.3, -0.25) is 4.79 Å². The highest BCUT2D eigenvalue weighted by atomic mass is 16.1. The minimum absolute atomic E-state index is 0.247. The van der Waals surface area contributed by atoms with Gasteiger partial charge >= 0.3 is 0 Å². The standard InChI is InChI=1S/C16H28N2O/c17-15-11-5-4-6-12(15)10-13(9-11)16(19)18-14-7-2-1-3-8-14/h11-15H,1-10,17H2,(H,18,19). The topological polar surface area (TPSA) is 55.1 Å². The van der Waals surface area contributed by atoms with Crippen LogP contribution >= 0.6 is 0 Å². The van der Waals surface area contributed by atoms with Crippen molar-refractivity contribution in [1.82, 2.24) is 5.32 Å². The summed E-state index contributed by atoms with van der Waals surface area (Å²) in [5, 5.41) is 3.31. The summed E-state index contributed by atoms with van der Waals surface area (Å²) in [6.07, 6.45) is 12.2. The molecule has 0 aromatic carbocycles. The van der Waals surface area contributed by atoms with E-state index >= 15 is 0 Å². The smallest absolute Gasteiger partial charge is 0.223 e. The number of nitrogens with two attached hydrogens (primary N) is 1. The van der Waals surface area contributed by atoms with E-state index in [1.165, 1.54) is 51.4 Å². The van der Waals surface area contributed by atoms with Crippen LogP contribution in [-0.4, -0.2) is 18.0 Å². The lowest BCUT2D eigenvalue weighted by molar-refractivity contribution is -0.128. The first kappa shape index (κ1) is 13.4. The molecule has 0 radical (unpaired) electrons. The average molecular weight is 264 g/mol. The van der Waals surface area contributed by atoms with Crippen LogP contribution in [0.1, 0.15) is 64.2 Å². The lowest BCUT2D eigenvalue weighted by Gasteiger charge is -2.43. The molecule has 0 aromatic rings. The van der Waals surface area contributed by atoms with Gasteiger partial charge in [0.15, 0.2) is 0 Å². The van der Waals surface area contributed by atoms with E-state index in [0.717, 1.165) is 12.8 Å². The summed E-state index contributed by atoms with van der Waals surface area (Å²) in [5.74, 6) is 1.79. The Morgan fingerprint density at radius 3 is 2.16 bits per heavy atom. The predicted octanol–water partition coefficient (Wildman–Crippen LogP) is 2.59. The van der Waals surface area contributed by atoms with Gasteiger partial charge in [0.25, 0.3) is 0 Å². The molecule has 3 aliphatic rings. The number of nitrogens with one attached hydrogen (secondary N) is 1. The molecular weight excluding hydrogens is 236 g/mol. The molecule has 0 saturated heterocycles. The highest BCUT2D eigenvalue weighted by Crippen LogP contribution is 2.42. The Balaban J connectivity index is 1.55. The Labute approximate surface area is 116 Å². The van der Waals surface area contributed by atoms with Crippen LogP contribution in [0, 0.1) is 17.8 Å². The Kier molecular flexibility index (Phi) is 4.11. The summed E-state index contributed by atoms with van der Waals surface area (Å²) in [4.78, 5) is 12.5. The molecule has 3 heteroatoms. The summed E-state index contributed by atoms with van der Waals surface area (Å²) in [5.41, 5.74) is 6.30. The molecule has 3 N–H and O–H groups in total. The van der Waals surface area contributed by atoms with Crippen LogP contribution in [0.2, 0.25) is 0 Å². The normalized spacial score (nSPS) is 39.8. The zero-order valence-electron chi connectivity index (χ0n) is 11.9. The zero-order valence-corrected chi connectivity index (χ0v) is 11.9. The summed E-state index contributed by atoms with van der Waals surface area (Å²) >= 11 is 0. The number of carbonyl (C=O) groups is 1. The molecule has 3 fully saturated rings. The number of carbonyl (C=O) groups excluding carboxylic acids is 1. The van der Waals surface area contributed by atoms with Gasteiger partial charge in [0.1, 0.15) is 0 Å². The minimum Gasteiger partial charge on any atom is -0.353 e. The van der Waals surface area contributed by atoms with Gasteiger partial charge in [0.2, 0.25) is 5.91 Å². The first-order valence-corrected chi connectivity index (χ1v) is 8.30. The van der Waals surface area contributed by atoms with E-state index < -0.39 is 0 Å². The van der Waals surface area contributed by atoms with Crippen molar-refractivity contribution in [3.8, 4) is 0 Å². The van der Waals surface area contributed by atoms with Crippen LogP contribution in [0.5, 0.6) is 0 Å². The summed E-state index contributed by atoms with van der Waals surface area (Å²) < 4.78 is 0. The molecule has 3 nitrogen and oxygen atoms in total. The minimum atomic E-state index is 0.247. The molecule has 3 rings (SSSR count). The lowest BCUT2D eigenvalue weighted by atomic mass is 9.65. The molecule has 0 heterocycles. The van der Waals surface area contributed by atoms with Crippen molar-refractivity contribution in [2.45, 2.75) is 76.3 Å². The second-order valence-corrected chi connectivity index (χ2v) is 7.04. The van der Waals surface area contributed by atoms with Crippen LogP contribution < -0.4 is 11.1 Å².